The number of aromatic amines is 1. The minimum Gasteiger partial charge on any atom is -0.383 e. The Labute approximate surface area is 197 Å². The lowest BCUT2D eigenvalue weighted by Gasteiger charge is -2.25. The van der Waals surface area contributed by atoms with Crippen LogP contribution in [0.3, 0.4) is 0 Å². The lowest BCUT2D eigenvalue weighted by molar-refractivity contribution is -0.132. The molecule has 1 N–H and O–H groups in total. The lowest BCUT2D eigenvalue weighted by atomic mass is 10.1. The fourth-order valence-corrected chi connectivity index (χ4v) is 3.44. The molecule has 1 aromatic heterocycles. The van der Waals surface area contributed by atoms with E-state index in [0.717, 1.165) is 38.5 Å². The van der Waals surface area contributed by atoms with Crippen LogP contribution in [-0.2, 0) is 17.8 Å². The average Bonchev–Trinajstić information content (AvgIpc) is 3.20. The van der Waals surface area contributed by atoms with Crippen LogP contribution >= 0.6 is 0 Å². The Morgan fingerprint density at radius 1 is 0.848 bits per heavy atom. The van der Waals surface area contributed by atoms with Gasteiger partial charge in [0.05, 0.1) is 12.1 Å². The molecular formula is C28H38N2O3. The van der Waals surface area contributed by atoms with Crippen LogP contribution in [0.25, 0.3) is 0 Å². The molecule has 33 heavy (non-hydrogen) atoms. The first-order valence-corrected chi connectivity index (χ1v) is 12.1. The van der Waals surface area contributed by atoms with E-state index >= 15 is 0 Å². The fraction of sp³-hybridized carbons (Fsp3) is 0.429. The van der Waals surface area contributed by atoms with Crippen LogP contribution in [0.15, 0.2) is 82.2 Å². The van der Waals surface area contributed by atoms with E-state index in [-0.39, 0.29) is 11.5 Å². The van der Waals surface area contributed by atoms with Crippen LogP contribution in [0.4, 0.5) is 0 Å². The molecule has 0 atom stereocenters. The quantitative estimate of drug-likeness (QED) is 0.337. The summed E-state index contributed by atoms with van der Waals surface area (Å²) in [5.41, 5.74) is 0.364. The third-order valence-corrected chi connectivity index (χ3v) is 5.31. The summed E-state index contributed by atoms with van der Waals surface area (Å²) < 4.78 is 5.11. The number of rotatable bonds is 14. The molecular weight excluding hydrogens is 412 g/mol. The second-order valence-corrected chi connectivity index (χ2v) is 7.95. The number of hydrogen-bond donors (Lipinski definition) is 1. The first kappa shape index (κ1) is 26.2. The molecule has 0 fully saturated rings. The van der Waals surface area contributed by atoms with Crippen LogP contribution in [0.2, 0.25) is 0 Å². The molecule has 1 aliphatic heterocycles. The number of allylic oxidation sites excluding steroid dienone is 12. The van der Waals surface area contributed by atoms with Crippen molar-refractivity contribution in [2.24, 2.45) is 0 Å². The fourth-order valence-electron chi connectivity index (χ4n) is 3.44. The molecule has 0 bridgehead atoms. The summed E-state index contributed by atoms with van der Waals surface area (Å²) in [5.74, 6) is 0.766. The molecule has 0 saturated carbocycles. The van der Waals surface area contributed by atoms with Crippen molar-refractivity contribution in [1.82, 2.24) is 10.1 Å². The van der Waals surface area contributed by atoms with Crippen LogP contribution in [-0.4, -0.2) is 22.5 Å². The minimum atomic E-state index is -0.223. The molecule has 5 heteroatoms. The van der Waals surface area contributed by atoms with Crippen LogP contribution in [0.1, 0.15) is 69.6 Å². The van der Waals surface area contributed by atoms with Gasteiger partial charge in [-0.15, -0.1) is 0 Å². The largest absolute Gasteiger partial charge is 0.383 e. The third kappa shape index (κ3) is 10.9. The topological polar surface area (TPSA) is 66.3 Å². The van der Waals surface area contributed by atoms with Crippen molar-refractivity contribution < 1.29 is 9.32 Å². The van der Waals surface area contributed by atoms with E-state index in [1.54, 1.807) is 4.90 Å². The van der Waals surface area contributed by atoms with E-state index in [4.69, 9.17) is 4.52 Å². The molecule has 2 rings (SSSR count). The molecule has 0 aromatic carbocycles. The van der Waals surface area contributed by atoms with Gasteiger partial charge in [0.1, 0.15) is 5.76 Å². The van der Waals surface area contributed by atoms with E-state index in [9.17, 15) is 9.59 Å². The van der Waals surface area contributed by atoms with Crippen LogP contribution in [0, 0.1) is 0 Å². The number of hydrogen-bond acceptors (Lipinski definition) is 3. The first-order chi connectivity index (χ1) is 16.2. The normalized spacial score (nSPS) is 14.9. The van der Waals surface area contributed by atoms with Crippen LogP contribution in [0.5, 0.6) is 0 Å². The van der Waals surface area contributed by atoms with Crippen molar-refractivity contribution in [2.75, 3.05) is 6.54 Å². The van der Waals surface area contributed by atoms with Gasteiger partial charge in [0.2, 0.25) is 5.91 Å². The molecule has 0 spiro atoms. The summed E-state index contributed by atoms with van der Waals surface area (Å²) in [5, 5.41) is 2.35. The predicted molar refractivity (Wildman–Crippen MR) is 136 cm³/mol. The molecule has 1 aromatic rings. The Balaban J connectivity index is 1.48. The number of nitrogens with one attached hydrogen (secondary N) is 1. The highest BCUT2D eigenvalue weighted by Crippen LogP contribution is 2.16. The summed E-state index contributed by atoms with van der Waals surface area (Å²) >= 11 is 0. The molecule has 178 valence electrons. The zero-order valence-electron chi connectivity index (χ0n) is 19.9. The monoisotopic (exact) mass is 450 g/mol. The predicted octanol–water partition coefficient (Wildman–Crippen LogP) is 6.33. The molecule has 0 radical (unpaired) electrons. The second kappa shape index (κ2) is 16.5. The number of amides is 1. The molecule has 1 amide bonds. The number of carbonyl (C=O) groups excluding carboxylic acids is 1. The second-order valence-electron chi connectivity index (χ2n) is 7.95. The Kier molecular flexibility index (Phi) is 13.1. The number of nitrogens with zero attached hydrogens (tertiary/aromatic N) is 1. The van der Waals surface area contributed by atoms with Gasteiger partial charge in [-0.3, -0.25) is 9.59 Å². The van der Waals surface area contributed by atoms with Gasteiger partial charge < -0.3 is 9.42 Å². The van der Waals surface area contributed by atoms with Crippen LogP contribution < -0.4 is 5.56 Å². The van der Waals surface area contributed by atoms with E-state index < -0.39 is 0 Å². The smallest absolute Gasteiger partial charge is 0.285 e. The SMILES string of the molecule is CCC=CCC=CCC=CCC=CCC=CCC=CCCC(=O)N1CCc2o[nH]c(=O)c2C1. The van der Waals surface area contributed by atoms with Gasteiger partial charge in [-0.2, -0.15) is 5.16 Å². The maximum absolute atomic E-state index is 12.3. The Hall–Kier alpha value is -3.08. The van der Waals surface area contributed by atoms with Crippen molar-refractivity contribution >= 4 is 5.91 Å². The standard InChI is InChI=1S/C28H38N2O3/c1-2-3-4-5-6-7-8-9-10-11-12-13-14-15-16-17-18-19-20-21-27(31)30-23-22-26-25(24-30)28(32)29-33-26/h3-4,6-7,9-10,12-13,15-16,18-19H,2,5,8,11,14,17,20-24H2,1H3,(H,29,32). The molecule has 0 aliphatic carbocycles. The number of H-pyrrole nitrogens is 1. The molecule has 1 aliphatic rings. The summed E-state index contributed by atoms with van der Waals surface area (Å²) in [7, 11) is 0. The van der Waals surface area contributed by atoms with Gasteiger partial charge in [0.25, 0.3) is 5.56 Å². The van der Waals surface area contributed by atoms with E-state index in [1.807, 2.05) is 0 Å². The highest BCUT2D eigenvalue weighted by molar-refractivity contribution is 5.76. The average molecular weight is 451 g/mol. The van der Waals surface area contributed by atoms with E-state index in [2.05, 4.69) is 85.0 Å². The van der Waals surface area contributed by atoms with Crippen molar-refractivity contribution in [3.05, 3.63) is 94.6 Å². The van der Waals surface area contributed by atoms with Crippen molar-refractivity contribution in [1.29, 1.82) is 0 Å². The summed E-state index contributed by atoms with van der Waals surface area (Å²) in [4.78, 5) is 25.7. The van der Waals surface area contributed by atoms with Gasteiger partial charge in [-0.1, -0.05) is 79.8 Å². The Morgan fingerprint density at radius 3 is 1.91 bits per heavy atom. The van der Waals surface area contributed by atoms with E-state index in [0.29, 0.717) is 43.7 Å². The Morgan fingerprint density at radius 2 is 1.36 bits per heavy atom. The van der Waals surface area contributed by atoms with Gasteiger partial charge >= 0.3 is 0 Å². The van der Waals surface area contributed by atoms with Gasteiger partial charge in [0, 0.05) is 19.4 Å². The molecule has 5 nitrogen and oxygen atoms in total. The summed E-state index contributed by atoms with van der Waals surface area (Å²) in [6.45, 7) is 3.11. The highest BCUT2D eigenvalue weighted by Gasteiger charge is 2.25. The number of aromatic nitrogens is 1. The number of fused-ring (bicyclic) bond motifs is 1. The van der Waals surface area contributed by atoms with Crippen molar-refractivity contribution in [3.63, 3.8) is 0 Å². The summed E-state index contributed by atoms with van der Waals surface area (Å²) in [6.07, 6.45) is 33.7. The third-order valence-electron chi connectivity index (χ3n) is 5.31. The number of carbonyl (C=O) groups is 1. The molecule has 0 unspecified atom stereocenters. The maximum Gasteiger partial charge on any atom is 0.285 e. The van der Waals surface area contributed by atoms with Gasteiger partial charge in [0.15, 0.2) is 0 Å². The van der Waals surface area contributed by atoms with Gasteiger partial charge in [-0.25, -0.2) is 0 Å². The molecule has 2 heterocycles. The van der Waals surface area contributed by atoms with Crippen molar-refractivity contribution in [2.45, 2.75) is 71.3 Å². The van der Waals surface area contributed by atoms with E-state index in [1.165, 1.54) is 0 Å². The zero-order valence-corrected chi connectivity index (χ0v) is 19.9. The van der Waals surface area contributed by atoms with Gasteiger partial charge in [-0.05, 0) is 44.9 Å². The van der Waals surface area contributed by atoms with Crippen molar-refractivity contribution in [3.8, 4) is 0 Å². The zero-order chi connectivity index (χ0) is 23.6. The Bertz CT molecular complexity index is 925. The summed E-state index contributed by atoms with van der Waals surface area (Å²) in [6, 6.07) is 0. The minimum absolute atomic E-state index is 0.0841. The maximum atomic E-state index is 12.3. The highest BCUT2D eigenvalue weighted by atomic mass is 16.5. The lowest BCUT2D eigenvalue weighted by Crippen LogP contribution is -2.37. The first-order valence-electron chi connectivity index (χ1n) is 12.1. The molecule has 0 saturated heterocycles.